The summed E-state index contributed by atoms with van der Waals surface area (Å²) in [6, 6.07) is 3.09. The molecule has 5 heteroatoms. The summed E-state index contributed by atoms with van der Waals surface area (Å²) in [5.41, 5.74) is 0.309. The normalized spacial score (nSPS) is 9.56. The quantitative estimate of drug-likeness (QED) is 0.457. The number of esters is 1. The lowest BCUT2D eigenvalue weighted by molar-refractivity contribution is -0.130. The molecule has 18 heavy (non-hydrogen) atoms. The Morgan fingerprint density at radius 2 is 1.56 bits per heavy atom. The zero-order valence-corrected chi connectivity index (χ0v) is 10.9. The van der Waals surface area contributed by atoms with Gasteiger partial charge in [0.05, 0.1) is 21.3 Å². The molecule has 0 aliphatic carbocycles. The number of hydrogen-bond acceptors (Lipinski definition) is 5. The van der Waals surface area contributed by atoms with Gasteiger partial charge in [-0.25, -0.2) is 4.79 Å². The predicted octanol–water partition coefficient (Wildman–Crippen LogP) is 2.19. The van der Waals surface area contributed by atoms with Crippen molar-refractivity contribution in [1.29, 1.82) is 0 Å². The Morgan fingerprint density at radius 3 is 1.89 bits per heavy atom. The summed E-state index contributed by atoms with van der Waals surface area (Å²) in [5, 5.41) is 0. The Morgan fingerprint density at radius 1 is 1.06 bits per heavy atom. The average Bonchev–Trinajstić information content (AvgIpc) is 2.37. The Labute approximate surface area is 106 Å². The van der Waals surface area contributed by atoms with Gasteiger partial charge in [-0.3, -0.25) is 0 Å². The highest BCUT2D eigenvalue weighted by Gasteiger charge is 2.15. The fraction of sp³-hybridized carbons (Fsp3) is 0.308. The summed E-state index contributed by atoms with van der Waals surface area (Å²) in [6.45, 7) is 5.08. The molecule has 5 nitrogen and oxygen atoms in total. The van der Waals surface area contributed by atoms with Gasteiger partial charge in [0.25, 0.3) is 0 Å². The van der Waals surface area contributed by atoms with Gasteiger partial charge in [-0.05, 0) is 6.92 Å². The van der Waals surface area contributed by atoms with Crippen LogP contribution < -0.4 is 18.9 Å². The molecule has 0 saturated heterocycles. The highest BCUT2D eigenvalue weighted by Crippen LogP contribution is 2.40. The maximum atomic E-state index is 11.4. The average molecular weight is 252 g/mol. The molecule has 98 valence electrons. The smallest absolute Gasteiger partial charge is 0.338 e. The van der Waals surface area contributed by atoms with Crippen molar-refractivity contribution in [2.45, 2.75) is 6.92 Å². The molecule has 0 bridgehead atoms. The molecule has 1 rings (SSSR count). The highest BCUT2D eigenvalue weighted by atomic mass is 16.5. The van der Waals surface area contributed by atoms with Gasteiger partial charge in [0.15, 0.2) is 11.5 Å². The third kappa shape index (κ3) is 2.94. The summed E-state index contributed by atoms with van der Waals surface area (Å²) in [5.74, 6) is 1.07. The van der Waals surface area contributed by atoms with Gasteiger partial charge in [-0.1, -0.05) is 6.58 Å². The van der Waals surface area contributed by atoms with Crippen LogP contribution >= 0.6 is 0 Å². The Bertz CT molecular complexity index is 439. The van der Waals surface area contributed by atoms with Crippen molar-refractivity contribution >= 4 is 5.97 Å². The number of benzene rings is 1. The number of methoxy groups -OCH3 is 3. The molecule has 1 aromatic rings. The Hall–Kier alpha value is -2.17. The van der Waals surface area contributed by atoms with Crippen molar-refractivity contribution < 1.29 is 23.7 Å². The van der Waals surface area contributed by atoms with E-state index in [9.17, 15) is 4.79 Å². The highest BCUT2D eigenvalue weighted by molar-refractivity contribution is 5.89. The standard InChI is InChI=1S/C13H16O5/c1-8(2)13(14)18-9-6-10(15-3)12(17-5)11(7-9)16-4/h6-7H,1H2,2-5H3. The Kier molecular flexibility index (Phi) is 4.59. The molecule has 0 atom stereocenters. The second-order valence-corrected chi connectivity index (χ2v) is 3.53. The lowest BCUT2D eigenvalue weighted by atomic mass is 10.2. The van der Waals surface area contributed by atoms with Crippen molar-refractivity contribution in [2.24, 2.45) is 0 Å². The molecule has 0 aliphatic rings. The summed E-state index contributed by atoms with van der Waals surface area (Å²) < 4.78 is 20.5. The number of carbonyl (C=O) groups is 1. The SMILES string of the molecule is C=C(C)C(=O)Oc1cc(OC)c(OC)c(OC)c1. The fourth-order valence-corrected chi connectivity index (χ4v) is 1.31. The number of rotatable bonds is 5. The summed E-state index contributed by atoms with van der Waals surface area (Å²) >= 11 is 0. The van der Waals surface area contributed by atoms with E-state index < -0.39 is 5.97 Å². The largest absolute Gasteiger partial charge is 0.493 e. The van der Waals surface area contributed by atoms with E-state index in [-0.39, 0.29) is 0 Å². The lowest BCUT2D eigenvalue weighted by Crippen LogP contribution is -2.08. The molecular formula is C13H16O5. The minimum absolute atomic E-state index is 0.303. The van der Waals surface area contributed by atoms with Crippen molar-refractivity contribution in [1.82, 2.24) is 0 Å². The van der Waals surface area contributed by atoms with E-state index in [1.807, 2.05) is 0 Å². The van der Waals surface area contributed by atoms with Crippen LogP contribution in [0.2, 0.25) is 0 Å². The fourth-order valence-electron chi connectivity index (χ4n) is 1.31. The van der Waals surface area contributed by atoms with Crippen LogP contribution in [0.25, 0.3) is 0 Å². The van der Waals surface area contributed by atoms with Crippen LogP contribution in [0.15, 0.2) is 24.3 Å². The van der Waals surface area contributed by atoms with Crippen LogP contribution in [0.1, 0.15) is 6.92 Å². The first-order chi connectivity index (χ1) is 8.53. The second kappa shape index (κ2) is 5.95. The van der Waals surface area contributed by atoms with E-state index in [0.29, 0.717) is 28.6 Å². The minimum Gasteiger partial charge on any atom is -0.493 e. The van der Waals surface area contributed by atoms with Gasteiger partial charge in [0.2, 0.25) is 5.75 Å². The second-order valence-electron chi connectivity index (χ2n) is 3.53. The molecule has 0 unspecified atom stereocenters. The van der Waals surface area contributed by atoms with Gasteiger partial charge in [-0.2, -0.15) is 0 Å². The van der Waals surface area contributed by atoms with E-state index in [0.717, 1.165) is 0 Å². The van der Waals surface area contributed by atoms with E-state index in [1.54, 1.807) is 19.1 Å². The molecule has 0 heterocycles. The molecule has 0 spiro atoms. The number of hydrogen-bond donors (Lipinski definition) is 0. The van der Waals surface area contributed by atoms with Crippen LogP contribution in [0, 0.1) is 0 Å². The van der Waals surface area contributed by atoms with Crippen molar-refractivity contribution in [3.8, 4) is 23.0 Å². The zero-order chi connectivity index (χ0) is 13.7. The summed E-state index contributed by atoms with van der Waals surface area (Å²) in [7, 11) is 4.48. The molecule has 0 aliphatic heterocycles. The van der Waals surface area contributed by atoms with E-state index >= 15 is 0 Å². The molecule has 1 aromatic carbocycles. The monoisotopic (exact) mass is 252 g/mol. The van der Waals surface area contributed by atoms with E-state index in [4.69, 9.17) is 18.9 Å². The van der Waals surface area contributed by atoms with Crippen molar-refractivity contribution in [3.05, 3.63) is 24.3 Å². The van der Waals surface area contributed by atoms with Crippen molar-refractivity contribution in [2.75, 3.05) is 21.3 Å². The topological polar surface area (TPSA) is 54.0 Å². The molecule has 0 amide bonds. The van der Waals surface area contributed by atoms with E-state index in [2.05, 4.69) is 6.58 Å². The molecule has 0 radical (unpaired) electrons. The third-order valence-corrected chi connectivity index (χ3v) is 2.20. The molecule has 0 fully saturated rings. The zero-order valence-electron chi connectivity index (χ0n) is 10.9. The summed E-state index contributed by atoms with van der Waals surface area (Å²) in [6.07, 6.45) is 0. The molecule has 0 N–H and O–H groups in total. The van der Waals surface area contributed by atoms with Gasteiger partial charge in [0, 0.05) is 17.7 Å². The summed E-state index contributed by atoms with van der Waals surface area (Å²) in [4.78, 5) is 11.4. The molecule has 0 saturated carbocycles. The van der Waals surface area contributed by atoms with Crippen LogP contribution in [-0.4, -0.2) is 27.3 Å². The van der Waals surface area contributed by atoms with Gasteiger partial charge < -0.3 is 18.9 Å². The predicted molar refractivity (Wildman–Crippen MR) is 66.5 cm³/mol. The van der Waals surface area contributed by atoms with Gasteiger partial charge in [0.1, 0.15) is 5.75 Å². The molecular weight excluding hydrogens is 236 g/mol. The third-order valence-electron chi connectivity index (χ3n) is 2.20. The maximum absolute atomic E-state index is 11.4. The van der Waals surface area contributed by atoms with Crippen LogP contribution in [0.4, 0.5) is 0 Å². The van der Waals surface area contributed by atoms with Crippen molar-refractivity contribution in [3.63, 3.8) is 0 Å². The lowest BCUT2D eigenvalue weighted by Gasteiger charge is -2.13. The maximum Gasteiger partial charge on any atom is 0.338 e. The minimum atomic E-state index is -0.510. The molecule has 0 aromatic heterocycles. The van der Waals surface area contributed by atoms with Crippen LogP contribution in [-0.2, 0) is 4.79 Å². The first-order valence-corrected chi connectivity index (χ1v) is 5.21. The van der Waals surface area contributed by atoms with E-state index in [1.165, 1.54) is 21.3 Å². The number of ether oxygens (including phenoxy) is 4. The van der Waals surface area contributed by atoms with Gasteiger partial charge in [-0.15, -0.1) is 0 Å². The van der Waals surface area contributed by atoms with Gasteiger partial charge >= 0.3 is 5.97 Å². The van der Waals surface area contributed by atoms with Crippen LogP contribution in [0.5, 0.6) is 23.0 Å². The Balaban J connectivity index is 3.15. The van der Waals surface area contributed by atoms with Crippen LogP contribution in [0.3, 0.4) is 0 Å². The first kappa shape index (κ1) is 13.9. The number of carbonyl (C=O) groups excluding carboxylic acids is 1. The first-order valence-electron chi connectivity index (χ1n) is 5.21.